The lowest BCUT2D eigenvalue weighted by Gasteiger charge is -2.31. The maximum Gasteiger partial charge on any atom is 0.253 e. The number of carbonyl (C=O) groups is 1. The van der Waals surface area contributed by atoms with Crippen LogP contribution in [0.3, 0.4) is 0 Å². The highest BCUT2D eigenvalue weighted by molar-refractivity contribution is 5.94. The van der Waals surface area contributed by atoms with Gasteiger partial charge in [0.05, 0.1) is 5.60 Å². The third-order valence-electron chi connectivity index (χ3n) is 4.79. The van der Waals surface area contributed by atoms with Crippen LogP contribution in [0.1, 0.15) is 55.3 Å². The third-order valence-corrected chi connectivity index (χ3v) is 4.79. The number of hydrogen-bond acceptors (Lipinski definition) is 3. The lowest BCUT2D eigenvalue weighted by Crippen LogP contribution is -2.37. The number of ether oxygens (including phenoxy) is 1. The number of carbonyl (C=O) groups excluding carboxylic acids is 1. The largest absolute Gasteiger partial charge is 0.491 e. The number of benzene rings is 1. The molecule has 1 aliphatic carbocycles. The minimum Gasteiger partial charge on any atom is -0.491 e. The molecular weight excluding hydrogens is 278 g/mol. The van der Waals surface area contributed by atoms with Gasteiger partial charge in [-0.1, -0.05) is 19.3 Å². The molecule has 0 spiro atoms. The van der Waals surface area contributed by atoms with Gasteiger partial charge in [0.15, 0.2) is 0 Å². The molecule has 22 heavy (non-hydrogen) atoms. The van der Waals surface area contributed by atoms with E-state index in [1.807, 2.05) is 29.2 Å². The molecule has 0 bridgehead atoms. The molecule has 1 saturated carbocycles. The molecule has 120 valence electrons. The standard InChI is InChI=1S/C18H25NO3/c20-17(19-12-4-5-13-19)15-6-8-16(9-7-15)22-14-18(21)10-2-1-3-11-18/h6-9,21H,1-5,10-14H2. The first-order chi connectivity index (χ1) is 10.7. The summed E-state index contributed by atoms with van der Waals surface area (Å²) in [7, 11) is 0. The van der Waals surface area contributed by atoms with Gasteiger partial charge in [0.25, 0.3) is 5.91 Å². The normalized spacial score (nSPS) is 20.9. The zero-order valence-corrected chi connectivity index (χ0v) is 13.1. The summed E-state index contributed by atoms with van der Waals surface area (Å²) in [5.74, 6) is 0.826. The van der Waals surface area contributed by atoms with Crippen molar-refractivity contribution in [2.45, 2.75) is 50.5 Å². The van der Waals surface area contributed by atoms with Crippen LogP contribution in [0.5, 0.6) is 5.75 Å². The zero-order valence-electron chi connectivity index (χ0n) is 13.1. The van der Waals surface area contributed by atoms with Crippen molar-refractivity contribution in [2.24, 2.45) is 0 Å². The van der Waals surface area contributed by atoms with Crippen LogP contribution in [0.4, 0.5) is 0 Å². The molecule has 2 fully saturated rings. The third kappa shape index (κ3) is 3.61. The van der Waals surface area contributed by atoms with Crippen molar-refractivity contribution < 1.29 is 14.6 Å². The highest BCUT2D eigenvalue weighted by Gasteiger charge is 2.30. The molecular formula is C18H25NO3. The van der Waals surface area contributed by atoms with Crippen LogP contribution in [0.25, 0.3) is 0 Å². The first-order valence-electron chi connectivity index (χ1n) is 8.41. The van der Waals surface area contributed by atoms with Gasteiger partial charge in [0.1, 0.15) is 12.4 Å². The maximum atomic E-state index is 12.3. The molecule has 0 aromatic heterocycles. The fourth-order valence-electron chi connectivity index (χ4n) is 3.37. The molecule has 1 aromatic rings. The van der Waals surface area contributed by atoms with Gasteiger partial charge in [-0.2, -0.15) is 0 Å². The van der Waals surface area contributed by atoms with E-state index in [-0.39, 0.29) is 5.91 Å². The number of likely N-dealkylation sites (tertiary alicyclic amines) is 1. The Hall–Kier alpha value is -1.55. The summed E-state index contributed by atoms with van der Waals surface area (Å²) in [5.41, 5.74) is 0.0353. The molecule has 1 amide bonds. The fourth-order valence-corrected chi connectivity index (χ4v) is 3.37. The Morgan fingerprint density at radius 1 is 1.05 bits per heavy atom. The van der Waals surface area contributed by atoms with Gasteiger partial charge in [-0.25, -0.2) is 0 Å². The van der Waals surface area contributed by atoms with Crippen LogP contribution in [0.2, 0.25) is 0 Å². The van der Waals surface area contributed by atoms with Gasteiger partial charge in [0.2, 0.25) is 0 Å². The number of amides is 1. The second kappa shape index (κ2) is 6.69. The average molecular weight is 303 g/mol. The lowest BCUT2D eigenvalue weighted by atomic mass is 9.85. The molecule has 4 heteroatoms. The van der Waals surface area contributed by atoms with Crippen molar-refractivity contribution in [3.8, 4) is 5.75 Å². The Morgan fingerprint density at radius 2 is 1.68 bits per heavy atom. The average Bonchev–Trinajstić information content (AvgIpc) is 3.08. The van der Waals surface area contributed by atoms with E-state index >= 15 is 0 Å². The first-order valence-corrected chi connectivity index (χ1v) is 8.41. The van der Waals surface area contributed by atoms with Crippen LogP contribution in [-0.2, 0) is 0 Å². The lowest BCUT2D eigenvalue weighted by molar-refractivity contribution is -0.0339. The highest BCUT2D eigenvalue weighted by atomic mass is 16.5. The van der Waals surface area contributed by atoms with Crippen molar-refractivity contribution in [1.82, 2.24) is 4.90 Å². The molecule has 1 N–H and O–H groups in total. The molecule has 0 unspecified atom stereocenters. The molecule has 1 aliphatic heterocycles. The van der Waals surface area contributed by atoms with Gasteiger partial charge >= 0.3 is 0 Å². The SMILES string of the molecule is O=C(c1ccc(OCC2(O)CCCCC2)cc1)N1CCCC1. The quantitative estimate of drug-likeness (QED) is 0.930. The van der Waals surface area contributed by atoms with E-state index in [9.17, 15) is 9.90 Å². The van der Waals surface area contributed by atoms with E-state index in [2.05, 4.69) is 0 Å². The predicted octanol–water partition coefficient (Wildman–Crippen LogP) is 3.00. The second-order valence-corrected chi connectivity index (χ2v) is 6.60. The number of hydrogen-bond donors (Lipinski definition) is 1. The van der Waals surface area contributed by atoms with Crippen molar-refractivity contribution in [2.75, 3.05) is 19.7 Å². The summed E-state index contributed by atoms with van der Waals surface area (Å²) in [6.07, 6.45) is 7.19. The van der Waals surface area contributed by atoms with Gasteiger partial charge in [0, 0.05) is 18.7 Å². The van der Waals surface area contributed by atoms with Crippen LogP contribution >= 0.6 is 0 Å². The summed E-state index contributed by atoms with van der Waals surface area (Å²) < 4.78 is 5.73. The predicted molar refractivity (Wildman–Crippen MR) is 85.1 cm³/mol. The van der Waals surface area contributed by atoms with Crippen LogP contribution in [0.15, 0.2) is 24.3 Å². The van der Waals surface area contributed by atoms with Crippen LogP contribution < -0.4 is 4.74 Å². The fraction of sp³-hybridized carbons (Fsp3) is 0.611. The highest BCUT2D eigenvalue weighted by Crippen LogP contribution is 2.29. The van der Waals surface area contributed by atoms with Crippen molar-refractivity contribution in [3.05, 3.63) is 29.8 Å². The van der Waals surface area contributed by atoms with Crippen LogP contribution in [-0.4, -0.2) is 41.2 Å². The van der Waals surface area contributed by atoms with E-state index in [1.165, 1.54) is 6.42 Å². The summed E-state index contributed by atoms with van der Waals surface area (Å²) >= 11 is 0. The molecule has 1 heterocycles. The summed E-state index contributed by atoms with van der Waals surface area (Å²) in [6.45, 7) is 2.07. The minimum absolute atomic E-state index is 0.106. The molecule has 3 rings (SSSR count). The van der Waals surface area contributed by atoms with Gasteiger partial charge in [-0.15, -0.1) is 0 Å². The maximum absolute atomic E-state index is 12.3. The molecule has 0 atom stereocenters. The first kappa shape index (κ1) is 15.3. The van der Waals surface area contributed by atoms with Crippen LogP contribution in [0, 0.1) is 0 Å². The number of rotatable bonds is 4. The Morgan fingerprint density at radius 3 is 2.32 bits per heavy atom. The smallest absolute Gasteiger partial charge is 0.253 e. The Balaban J connectivity index is 1.56. The Kier molecular flexibility index (Phi) is 4.67. The van der Waals surface area contributed by atoms with Gasteiger partial charge in [-0.3, -0.25) is 4.79 Å². The molecule has 1 saturated heterocycles. The van der Waals surface area contributed by atoms with Gasteiger partial charge < -0.3 is 14.7 Å². The Labute approximate surface area is 132 Å². The van der Waals surface area contributed by atoms with E-state index in [0.717, 1.165) is 57.4 Å². The van der Waals surface area contributed by atoms with E-state index in [1.54, 1.807) is 0 Å². The zero-order chi connectivity index (χ0) is 15.4. The number of nitrogens with zero attached hydrogens (tertiary/aromatic N) is 1. The van der Waals surface area contributed by atoms with Gasteiger partial charge in [-0.05, 0) is 49.9 Å². The molecule has 0 radical (unpaired) electrons. The molecule has 2 aliphatic rings. The molecule has 4 nitrogen and oxygen atoms in total. The Bertz CT molecular complexity index is 500. The van der Waals surface area contributed by atoms with E-state index in [0.29, 0.717) is 12.2 Å². The molecule has 1 aromatic carbocycles. The van der Waals surface area contributed by atoms with Crippen molar-refractivity contribution >= 4 is 5.91 Å². The summed E-state index contributed by atoms with van der Waals surface area (Å²) in [4.78, 5) is 14.2. The van der Waals surface area contributed by atoms with Crippen molar-refractivity contribution in [1.29, 1.82) is 0 Å². The summed E-state index contributed by atoms with van der Waals surface area (Å²) in [6, 6.07) is 7.30. The van der Waals surface area contributed by atoms with E-state index in [4.69, 9.17) is 4.74 Å². The summed E-state index contributed by atoms with van der Waals surface area (Å²) in [5, 5.41) is 10.4. The van der Waals surface area contributed by atoms with Crippen molar-refractivity contribution in [3.63, 3.8) is 0 Å². The monoisotopic (exact) mass is 303 g/mol. The topological polar surface area (TPSA) is 49.8 Å². The number of aliphatic hydroxyl groups is 1. The van der Waals surface area contributed by atoms with E-state index < -0.39 is 5.60 Å². The second-order valence-electron chi connectivity index (χ2n) is 6.60. The minimum atomic E-state index is -0.678.